The Kier molecular flexibility index (Phi) is 5.04. The number of aryl methyl sites for hydroxylation is 1. The number of nitrogens with one attached hydrogen (secondary N) is 3. The normalized spacial score (nSPS) is 15.6. The van der Waals surface area contributed by atoms with Crippen LogP contribution in [0.2, 0.25) is 0 Å². The van der Waals surface area contributed by atoms with E-state index in [4.69, 9.17) is 4.98 Å². The number of hydrogen-bond acceptors (Lipinski definition) is 7. The van der Waals surface area contributed by atoms with E-state index in [1.807, 2.05) is 43.3 Å². The predicted octanol–water partition coefficient (Wildman–Crippen LogP) is 3.51. The number of anilines is 3. The highest BCUT2D eigenvalue weighted by molar-refractivity contribution is 7.99. The van der Waals surface area contributed by atoms with E-state index < -0.39 is 0 Å². The number of amides is 1. The maximum absolute atomic E-state index is 12.2. The second kappa shape index (κ2) is 7.98. The Morgan fingerprint density at radius 3 is 2.57 bits per heavy atom. The number of carbonyl (C=O) groups excluding carboxylic acids is 1. The lowest BCUT2D eigenvalue weighted by Crippen LogP contribution is -2.37. The maximum atomic E-state index is 12.2. The van der Waals surface area contributed by atoms with Crippen LogP contribution < -0.4 is 15.5 Å². The molecule has 1 saturated heterocycles. The lowest BCUT2D eigenvalue weighted by Gasteiger charge is -2.32. The van der Waals surface area contributed by atoms with Gasteiger partial charge in [0.15, 0.2) is 11.0 Å². The number of H-pyrrole nitrogens is 1. The highest BCUT2D eigenvalue weighted by Gasteiger charge is 2.23. The Morgan fingerprint density at radius 2 is 1.93 bits per heavy atom. The van der Waals surface area contributed by atoms with E-state index in [0.717, 1.165) is 48.2 Å². The van der Waals surface area contributed by atoms with Crippen LogP contribution in [0.25, 0.3) is 0 Å². The molecule has 2 fully saturated rings. The first kappa shape index (κ1) is 18.9. The van der Waals surface area contributed by atoms with E-state index in [1.54, 1.807) is 0 Å². The summed E-state index contributed by atoms with van der Waals surface area (Å²) in [5, 5.41) is 14.1. The summed E-state index contributed by atoms with van der Waals surface area (Å²) in [4.78, 5) is 24.8. The molecule has 0 atom stereocenters. The van der Waals surface area contributed by atoms with E-state index in [0.29, 0.717) is 22.6 Å². The van der Waals surface area contributed by atoms with Gasteiger partial charge in [-0.15, -0.1) is 0 Å². The Morgan fingerprint density at radius 1 is 1.13 bits per heavy atom. The lowest BCUT2D eigenvalue weighted by atomic mass is 10.2. The monoisotopic (exact) mass is 421 g/mol. The van der Waals surface area contributed by atoms with Gasteiger partial charge < -0.3 is 15.5 Å². The molecule has 8 nitrogen and oxygen atoms in total. The Hall–Kier alpha value is -3.07. The molecule has 9 heteroatoms. The molecule has 1 saturated carbocycles. The minimum absolute atomic E-state index is 0.00846. The zero-order chi connectivity index (χ0) is 20.5. The van der Waals surface area contributed by atoms with Crippen LogP contribution in [-0.2, 0) is 0 Å². The van der Waals surface area contributed by atoms with E-state index >= 15 is 0 Å². The quantitative estimate of drug-likeness (QED) is 0.502. The molecule has 1 aliphatic carbocycles. The van der Waals surface area contributed by atoms with Gasteiger partial charge in [-0.1, -0.05) is 0 Å². The van der Waals surface area contributed by atoms with Crippen LogP contribution >= 0.6 is 11.8 Å². The molecule has 1 amide bonds. The van der Waals surface area contributed by atoms with Gasteiger partial charge in [0.25, 0.3) is 5.91 Å². The van der Waals surface area contributed by atoms with Crippen LogP contribution in [0.15, 0.2) is 46.5 Å². The molecule has 2 aromatic heterocycles. The Labute approximate surface area is 178 Å². The van der Waals surface area contributed by atoms with E-state index in [1.165, 1.54) is 18.2 Å². The number of nitrogens with zero attached hydrogens (tertiary/aromatic N) is 4. The predicted molar refractivity (Wildman–Crippen MR) is 117 cm³/mol. The molecule has 0 bridgehead atoms. The second-order valence-electron chi connectivity index (χ2n) is 7.67. The van der Waals surface area contributed by atoms with Crippen molar-refractivity contribution in [2.45, 2.75) is 42.3 Å². The third-order valence-electron chi connectivity index (χ3n) is 5.07. The molecule has 0 spiro atoms. The van der Waals surface area contributed by atoms with Gasteiger partial charge in [-0.3, -0.25) is 9.89 Å². The number of hydrogen-bond donors (Lipinski definition) is 3. The van der Waals surface area contributed by atoms with Crippen molar-refractivity contribution in [1.82, 2.24) is 25.5 Å². The van der Waals surface area contributed by atoms with E-state index in [-0.39, 0.29) is 5.91 Å². The van der Waals surface area contributed by atoms with E-state index in [9.17, 15) is 4.79 Å². The first-order chi connectivity index (χ1) is 14.6. The van der Waals surface area contributed by atoms with Gasteiger partial charge in [-0.25, -0.2) is 9.97 Å². The highest BCUT2D eigenvalue weighted by Crippen LogP contribution is 2.30. The molecule has 154 valence electrons. The highest BCUT2D eigenvalue weighted by atomic mass is 32.2. The summed E-state index contributed by atoms with van der Waals surface area (Å²) in [5.74, 6) is 2.34. The van der Waals surface area contributed by atoms with Crippen LogP contribution in [0.5, 0.6) is 0 Å². The molecule has 3 heterocycles. The third-order valence-corrected chi connectivity index (χ3v) is 5.95. The summed E-state index contributed by atoms with van der Waals surface area (Å²) < 4.78 is 0. The lowest BCUT2D eigenvalue weighted by molar-refractivity contribution is 0.0951. The summed E-state index contributed by atoms with van der Waals surface area (Å²) in [6.45, 7) is 3.97. The minimum Gasteiger partial charge on any atom is -0.356 e. The standard InChI is InChI=1S/C21H23N7OS/c1-13-11-18(27-26-13)23-17-12-19(28-9-2-10-28)25-21(24-17)30-16-7-3-14(4-8-16)20(29)22-15-5-6-15/h3-4,7-8,11-12,15H,2,5-6,9-10H2,1H3,(H,22,29)(H2,23,24,25,26,27). The van der Waals surface area contributed by atoms with Crippen LogP contribution in [0.1, 0.15) is 35.3 Å². The van der Waals surface area contributed by atoms with Gasteiger partial charge in [-0.05, 0) is 62.2 Å². The van der Waals surface area contributed by atoms with Gasteiger partial charge >= 0.3 is 0 Å². The second-order valence-corrected chi connectivity index (χ2v) is 8.71. The zero-order valence-corrected chi connectivity index (χ0v) is 17.5. The number of aromatic amines is 1. The average Bonchev–Trinajstić information content (AvgIpc) is 3.40. The van der Waals surface area contributed by atoms with Crippen molar-refractivity contribution in [2.24, 2.45) is 0 Å². The first-order valence-electron chi connectivity index (χ1n) is 10.1. The van der Waals surface area contributed by atoms with Crippen molar-refractivity contribution < 1.29 is 4.79 Å². The maximum Gasteiger partial charge on any atom is 0.251 e. The van der Waals surface area contributed by atoms with Crippen molar-refractivity contribution in [3.8, 4) is 0 Å². The molecule has 0 unspecified atom stereocenters. The SMILES string of the molecule is Cc1cc(Nc2cc(N3CCC3)nc(Sc3ccc(C(=O)NC4CC4)cc3)n2)n[nH]1. The molecule has 1 aliphatic heterocycles. The number of benzene rings is 1. The molecule has 30 heavy (non-hydrogen) atoms. The smallest absolute Gasteiger partial charge is 0.251 e. The topological polar surface area (TPSA) is 98.8 Å². The number of carbonyl (C=O) groups is 1. The summed E-state index contributed by atoms with van der Waals surface area (Å²) in [6, 6.07) is 11.8. The first-order valence-corrected chi connectivity index (χ1v) is 11.0. The van der Waals surface area contributed by atoms with Gasteiger partial charge in [0.05, 0.1) is 0 Å². The third kappa shape index (κ3) is 4.40. The van der Waals surface area contributed by atoms with Crippen LogP contribution in [-0.4, -0.2) is 45.2 Å². The molecule has 5 rings (SSSR count). The average molecular weight is 422 g/mol. The Bertz CT molecular complexity index is 1060. The van der Waals surface area contributed by atoms with Gasteiger partial charge in [-0.2, -0.15) is 5.10 Å². The molecule has 0 radical (unpaired) electrons. The summed E-state index contributed by atoms with van der Waals surface area (Å²) in [6.07, 6.45) is 3.34. The van der Waals surface area contributed by atoms with E-state index in [2.05, 4.69) is 30.7 Å². The Balaban J connectivity index is 1.34. The number of aromatic nitrogens is 4. The van der Waals surface area contributed by atoms with Crippen molar-refractivity contribution in [3.63, 3.8) is 0 Å². The fourth-order valence-electron chi connectivity index (χ4n) is 3.12. The molecular weight excluding hydrogens is 398 g/mol. The summed E-state index contributed by atoms with van der Waals surface area (Å²) in [5.41, 5.74) is 1.66. The van der Waals surface area contributed by atoms with Crippen LogP contribution in [0.4, 0.5) is 17.5 Å². The molecular formula is C21H23N7OS. The molecule has 2 aliphatic rings. The van der Waals surface area contributed by atoms with Crippen LogP contribution in [0, 0.1) is 6.92 Å². The van der Waals surface area contributed by atoms with Crippen molar-refractivity contribution in [2.75, 3.05) is 23.3 Å². The molecule has 1 aromatic carbocycles. The minimum atomic E-state index is -0.00846. The molecule has 3 N–H and O–H groups in total. The van der Waals surface area contributed by atoms with Gasteiger partial charge in [0.2, 0.25) is 0 Å². The van der Waals surface area contributed by atoms with Crippen molar-refractivity contribution in [1.29, 1.82) is 0 Å². The fraction of sp³-hybridized carbons (Fsp3) is 0.333. The largest absolute Gasteiger partial charge is 0.356 e. The summed E-state index contributed by atoms with van der Waals surface area (Å²) in [7, 11) is 0. The van der Waals surface area contributed by atoms with Gasteiger partial charge in [0, 0.05) is 47.4 Å². The van der Waals surface area contributed by atoms with Gasteiger partial charge in [0.1, 0.15) is 11.6 Å². The number of rotatable bonds is 7. The van der Waals surface area contributed by atoms with Crippen molar-refractivity contribution >= 4 is 35.1 Å². The zero-order valence-electron chi connectivity index (χ0n) is 16.7. The summed E-state index contributed by atoms with van der Waals surface area (Å²) >= 11 is 1.48. The molecule has 3 aromatic rings. The van der Waals surface area contributed by atoms with Crippen molar-refractivity contribution in [3.05, 3.63) is 47.7 Å². The van der Waals surface area contributed by atoms with Crippen LogP contribution in [0.3, 0.4) is 0 Å². The fourth-order valence-corrected chi connectivity index (χ4v) is 3.89.